The molecular weight excluding hydrogens is 528 g/mol. The Morgan fingerprint density at radius 2 is 1.95 bits per heavy atom. The second-order valence-corrected chi connectivity index (χ2v) is 12.6. The molecule has 1 unspecified atom stereocenters. The lowest BCUT2D eigenvalue weighted by Gasteiger charge is -2.19. The molecule has 1 aliphatic carbocycles. The van der Waals surface area contributed by atoms with E-state index in [1.54, 1.807) is 0 Å². The van der Waals surface area contributed by atoms with E-state index < -0.39 is 0 Å². The van der Waals surface area contributed by atoms with Crippen LogP contribution in [0.3, 0.4) is 0 Å². The zero-order chi connectivity index (χ0) is 29.8. The molecule has 0 radical (unpaired) electrons. The first kappa shape index (κ1) is 27.8. The van der Waals surface area contributed by atoms with Crippen LogP contribution < -0.4 is 5.32 Å². The summed E-state index contributed by atoms with van der Waals surface area (Å²) in [5.41, 5.74) is 8.78. The van der Waals surface area contributed by atoms with E-state index in [-0.39, 0.29) is 29.2 Å². The first-order valence-corrected chi connectivity index (χ1v) is 14.7. The van der Waals surface area contributed by atoms with Gasteiger partial charge in [0.15, 0.2) is 5.65 Å². The molecule has 0 saturated heterocycles. The number of aryl methyl sites for hydroxylation is 2. The Balaban J connectivity index is 1.32. The molecule has 5 aromatic rings. The summed E-state index contributed by atoms with van der Waals surface area (Å²) in [6.45, 7) is 14.3. The van der Waals surface area contributed by atoms with E-state index in [1.165, 1.54) is 5.56 Å². The molecule has 0 fully saturated rings. The maximum absolute atomic E-state index is 13.1. The summed E-state index contributed by atoms with van der Waals surface area (Å²) in [4.78, 5) is 30.4. The number of hydrogen-bond acceptors (Lipinski definition) is 7. The first-order chi connectivity index (χ1) is 20.0. The summed E-state index contributed by atoms with van der Waals surface area (Å²) < 4.78 is 7.39. The summed E-state index contributed by atoms with van der Waals surface area (Å²) in [7, 11) is 0. The van der Waals surface area contributed by atoms with Gasteiger partial charge in [-0.3, -0.25) is 9.48 Å². The molecule has 10 nitrogen and oxygen atoms in total. The summed E-state index contributed by atoms with van der Waals surface area (Å²) in [5, 5.41) is 11.9. The molecular formula is C32H38N8O2. The predicted molar refractivity (Wildman–Crippen MR) is 161 cm³/mol. The Bertz CT molecular complexity index is 1790. The molecule has 218 valence electrons. The zero-order valence-corrected chi connectivity index (χ0v) is 25.4. The van der Waals surface area contributed by atoms with Crippen LogP contribution in [-0.4, -0.2) is 40.8 Å². The Hall–Kier alpha value is -4.34. The van der Waals surface area contributed by atoms with E-state index in [2.05, 4.69) is 64.4 Å². The monoisotopic (exact) mass is 566 g/mol. The molecule has 4 heterocycles. The Labute approximate surface area is 245 Å². The van der Waals surface area contributed by atoms with Crippen molar-refractivity contribution in [1.82, 2.24) is 40.2 Å². The third-order valence-corrected chi connectivity index (χ3v) is 8.04. The molecule has 4 aromatic heterocycles. The first-order valence-electron chi connectivity index (χ1n) is 14.7. The number of aromatic amines is 1. The van der Waals surface area contributed by atoms with Gasteiger partial charge in [0.1, 0.15) is 5.82 Å². The van der Waals surface area contributed by atoms with E-state index >= 15 is 0 Å². The highest BCUT2D eigenvalue weighted by molar-refractivity contribution is 5.92. The lowest BCUT2D eigenvalue weighted by Crippen LogP contribution is -2.29. The number of carbonyl (C=O) groups excluding carboxylic acids is 1. The van der Waals surface area contributed by atoms with Crippen molar-refractivity contribution >= 4 is 17.1 Å². The number of fused-ring (bicyclic) bond motifs is 2. The number of pyridine rings is 1. The maximum atomic E-state index is 13.1. The summed E-state index contributed by atoms with van der Waals surface area (Å²) >= 11 is 0. The fraction of sp³-hybridized carbons (Fsp3) is 0.438. The molecule has 1 aliphatic rings. The van der Waals surface area contributed by atoms with Crippen LogP contribution in [0.15, 0.2) is 35.0 Å². The van der Waals surface area contributed by atoms with Crippen molar-refractivity contribution in [2.24, 2.45) is 0 Å². The largest absolute Gasteiger partial charge is 0.342 e. The molecule has 10 heteroatoms. The summed E-state index contributed by atoms with van der Waals surface area (Å²) in [6, 6.07) is 8.67. The van der Waals surface area contributed by atoms with Crippen LogP contribution >= 0.6 is 0 Å². The molecule has 0 spiro atoms. The van der Waals surface area contributed by atoms with E-state index in [0.29, 0.717) is 11.5 Å². The van der Waals surface area contributed by atoms with Crippen molar-refractivity contribution in [2.75, 3.05) is 0 Å². The second-order valence-electron chi connectivity index (χ2n) is 12.6. The third kappa shape index (κ3) is 4.99. The van der Waals surface area contributed by atoms with Crippen LogP contribution in [0.4, 0.5) is 0 Å². The number of nitrogens with zero attached hydrogens (tertiary/aromatic N) is 6. The van der Waals surface area contributed by atoms with Gasteiger partial charge in [0.25, 0.3) is 11.7 Å². The number of imidazole rings is 1. The van der Waals surface area contributed by atoms with Crippen LogP contribution in [0.5, 0.6) is 0 Å². The van der Waals surface area contributed by atoms with Crippen LogP contribution in [0.2, 0.25) is 0 Å². The molecule has 0 bridgehead atoms. The molecule has 1 amide bonds. The van der Waals surface area contributed by atoms with Crippen LogP contribution in [-0.2, 0) is 11.8 Å². The number of carbonyl (C=O) groups is 1. The van der Waals surface area contributed by atoms with Crippen molar-refractivity contribution in [2.45, 2.75) is 91.6 Å². The quantitative estimate of drug-likeness (QED) is 0.231. The molecule has 0 aliphatic heterocycles. The van der Waals surface area contributed by atoms with Gasteiger partial charge >= 0.3 is 0 Å². The lowest BCUT2D eigenvalue weighted by atomic mass is 9.94. The van der Waals surface area contributed by atoms with Crippen LogP contribution in [0.1, 0.15) is 105 Å². The van der Waals surface area contributed by atoms with Gasteiger partial charge in [0, 0.05) is 28.9 Å². The van der Waals surface area contributed by atoms with Gasteiger partial charge in [0.05, 0.1) is 22.8 Å². The highest BCUT2D eigenvalue weighted by atomic mass is 16.5. The molecule has 6 rings (SSSR count). The van der Waals surface area contributed by atoms with E-state index in [1.807, 2.05) is 44.6 Å². The second kappa shape index (κ2) is 10.5. The Morgan fingerprint density at radius 1 is 1.14 bits per heavy atom. The fourth-order valence-corrected chi connectivity index (χ4v) is 5.92. The van der Waals surface area contributed by atoms with Gasteiger partial charge in [0.2, 0.25) is 5.89 Å². The normalized spacial score (nSPS) is 15.7. The minimum absolute atomic E-state index is 0.0704. The minimum Gasteiger partial charge on any atom is -0.342 e. The number of amides is 1. The van der Waals surface area contributed by atoms with E-state index in [0.717, 1.165) is 70.7 Å². The van der Waals surface area contributed by atoms with Crippen molar-refractivity contribution in [1.29, 1.82) is 0 Å². The molecule has 1 aromatic carbocycles. The molecule has 1 atom stereocenters. The number of benzene rings is 1. The van der Waals surface area contributed by atoms with Gasteiger partial charge in [-0.25, -0.2) is 9.97 Å². The summed E-state index contributed by atoms with van der Waals surface area (Å²) in [5.74, 6) is 0.980. The van der Waals surface area contributed by atoms with Crippen molar-refractivity contribution < 1.29 is 9.32 Å². The Kier molecular flexibility index (Phi) is 6.95. The number of hydrogen-bond donors (Lipinski definition) is 2. The van der Waals surface area contributed by atoms with Gasteiger partial charge in [-0.15, -0.1) is 0 Å². The number of nitrogens with one attached hydrogen (secondary N) is 2. The van der Waals surface area contributed by atoms with Crippen molar-refractivity contribution in [3.63, 3.8) is 0 Å². The van der Waals surface area contributed by atoms with E-state index in [4.69, 9.17) is 14.6 Å². The maximum Gasteiger partial charge on any atom is 0.293 e. The van der Waals surface area contributed by atoms with Gasteiger partial charge in [-0.1, -0.05) is 50.5 Å². The van der Waals surface area contributed by atoms with Crippen LogP contribution in [0, 0.1) is 13.8 Å². The summed E-state index contributed by atoms with van der Waals surface area (Å²) in [6.07, 6.45) is 5.68. The third-order valence-electron chi connectivity index (χ3n) is 8.04. The fourth-order valence-electron chi connectivity index (χ4n) is 5.92. The predicted octanol–water partition coefficient (Wildman–Crippen LogP) is 6.56. The van der Waals surface area contributed by atoms with Gasteiger partial charge < -0.3 is 14.8 Å². The lowest BCUT2D eigenvalue weighted by molar-refractivity contribution is 0.0921. The standard InChI is InChI=1S/C32H38N8O2/c1-17(2)40-19(4)25(18(3)38-40)27-35-26-23(14-15-33-28(26)36-27)21-12-13-22-20(16-21)10-8-9-11-24(22)34-30(41)29-37-31(42-39-29)32(5,6)7/h12-17,24H,8-11H2,1-7H3,(H,34,41)(H,33,35,36). The minimum atomic E-state index is -0.321. The van der Waals surface area contributed by atoms with Crippen molar-refractivity contribution in [3.8, 4) is 22.5 Å². The smallest absolute Gasteiger partial charge is 0.293 e. The highest BCUT2D eigenvalue weighted by Crippen LogP contribution is 2.35. The number of H-pyrrole nitrogens is 1. The van der Waals surface area contributed by atoms with Gasteiger partial charge in [-0.05, 0) is 69.7 Å². The zero-order valence-electron chi connectivity index (χ0n) is 25.4. The number of rotatable bonds is 5. The molecule has 0 saturated carbocycles. The average molecular weight is 567 g/mol. The van der Waals surface area contributed by atoms with Gasteiger partial charge in [-0.2, -0.15) is 10.1 Å². The molecule has 2 N–H and O–H groups in total. The Morgan fingerprint density at radius 3 is 2.67 bits per heavy atom. The van der Waals surface area contributed by atoms with Crippen molar-refractivity contribution in [3.05, 3.63) is 64.7 Å². The number of aromatic nitrogens is 7. The topological polar surface area (TPSA) is 127 Å². The van der Waals surface area contributed by atoms with Crippen LogP contribution in [0.25, 0.3) is 33.7 Å². The molecule has 42 heavy (non-hydrogen) atoms. The SMILES string of the molecule is Cc1nn(C(C)C)c(C)c1-c1nc2nccc(-c3ccc4c(c3)CCCCC4NC(=O)c3noc(C(C)(C)C)n3)c2[nH]1. The van der Waals surface area contributed by atoms with E-state index in [9.17, 15) is 4.79 Å². The average Bonchev–Trinajstić information content (AvgIpc) is 3.64. The highest BCUT2D eigenvalue weighted by Gasteiger charge is 2.27.